The van der Waals surface area contributed by atoms with Gasteiger partial charge in [0.25, 0.3) is 0 Å². The Morgan fingerprint density at radius 3 is 2.64 bits per heavy atom. The lowest BCUT2D eigenvalue weighted by molar-refractivity contribution is 0.0969. The summed E-state index contributed by atoms with van der Waals surface area (Å²) in [6.45, 7) is 2.07. The summed E-state index contributed by atoms with van der Waals surface area (Å²) >= 11 is 0. The largest absolute Gasteiger partial charge is 0.387 e. The Labute approximate surface area is 145 Å². The molecule has 2 aromatic rings. The molecule has 1 aromatic heterocycles. The number of piperidine rings is 1. The van der Waals surface area contributed by atoms with Crippen molar-refractivity contribution in [2.45, 2.75) is 25.0 Å². The van der Waals surface area contributed by atoms with Crippen LogP contribution in [0.4, 0.5) is 14.6 Å². The van der Waals surface area contributed by atoms with Gasteiger partial charge < -0.3 is 14.9 Å². The van der Waals surface area contributed by atoms with E-state index in [0.717, 1.165) is 43.9 Å². The van der Waals surface area contributed by atoms with Crippen molar-refractivity contribution in [1.29, 1.82) is 0 Å². The number of anilines is 1. The molecule has 0 saturated carbocycles. The Balaban J connectivity index is 1.53. The number of aliphatic hydroxyl groups is 1. The average molecular weight is 348 g/mol. The molecule has 1 atom stereocenters. The molecule has 1 fully saturated rings. The van der Waals surface area contributed by atoms with Crippen LogP contribution in [0, 0.1) is 11.6 Å². The summed E-state index contributed by atoms with van der Waals surface area (Å²) in [4.78, 5) is 4.28. The maximum Gasteiger partial charge on any atom is 0.159 e. The van der Waals surface area contributed by atoms with Gasteiger partial charge in [0.1, 0.15) is 0 Å². The summed E-state index contributed by atoms with van der Waals surface area (Å²) in [5.74, 6) is -0.979. The Morgan fingerprint density at radius 2 is 2.00 bits per heavy atom. The van der Waals surface area contributed by atoms with Gasteiger partial charge in [-0.05, 0) is 42.7 Å². The Bertz CT molecular complexity index is 693. The Kier molecular flexibility index (Phi) is 5.55. The van der Waals surface area contributed by atoms with Crippen molar-refractivity contribution in [2.24, 2.45) is 0 Å². The zero-order valence-corrected chi connectivity index (χ0v) is 14.1. The Hall–Kier alpha value is -2.12. The van der Waals surface area contributed by atoms with Gasteiger partial charge in [-0.2, -0.15) is 5.10 Å². The lowest BCUT2D eigenvalue weighted by Gasteiger charge is -2.37. The molecule has 0 aliphatic carbocycles. The number of hydrogen-bond acceptors (Lipinski definition) is 5. The smallest absolute Gasteiger partial charge is 0.159 e. The van der Waals surface area contributed by atoms with Crippen LogP contribution in [0.2, 0.25) is 0 Å². The first-order chi connectivity index (χ1) is 12.0. The number of aliphatic hydroxyl groups excluding tert-OH is 1. The van der Waals surface area contributed by atoms with Crippen LogP contribution in [0.25, 0.3) is 0 Å². The number of benzene rings is 1. The van der Waals surface area contributed by atoms with Crippen LogP contribution in [-0.4, -0.2) is 52.9 Å². The number of nitrogens with zero attached hydrogens (tertiary/aromatic N) is 4. The molecule has 134 valence electrons. The zero-order chi connectivity index (χ0) is 17.8. The highest BCUT2D eigenvalue weighted by Gasteiger charge is 2.25. The van der Waals surface area contributed by atoms with Gasteiger partial charge in [-0.15, -0.1) is 5.10 Å². The molecule has 0 spiro atoms. The second-order valence-electron chi connectivity index (χ2n) is 6.41. The van der Waals surface area contributed by atoms with Crippen LogP contribution in [-0.2, 0) is 0 Å². The summed E-state index contributed by atoms with van der Waals surface area (Å²) in [7, 11) is 2.01. The maximum absolute atomic E-state index is 13.3. The van der Waals surface area contributed by atoms with Gasteiger partial charge in [-0.1, -0.05) is 6.07 Å². The van der Waals surface area contributed by atoms with E-state index < -0.39 is 17.7 Å². The van der Waals surface area contributed by atoms with E-state index in [9.17, 15) is 13.9 Å². The third kappa shape index (κ3) is 4.29. The van der Waals surface area contributed by atoms with Crippen molar-refractivity contribution < 1.29 is 13.9 Å². The van der Waals surface area contributed by atoms with Crippen LogP contribution in [0.5, 0.6) is 0 Å². The predicted octanol–water partition coefficient (Wildman–Crippen LogP) is 2.39. The fraction of sp³-hybridized carbons (Fsp3) is 0.444. The molecule has 0 amide bonds. The second kappa shape index (κ2) is 7.84. The molecule has 1 aliphatic rings. The van der Waals surface area contributed by atoms with Crippen LogP contribution in [0.15, 0.2) is 36.5 Å². The fourth-order valence-electron chi connectivity index (χ4n) is 3.23. The standard InChI is InChI=1S/C18H22F2N4O/c1-23(18-3-2-8-21-22-18)14-6-9-24(10-7-14)12-17(25)13-4-5-15(19)16(20)11-13/h2-5,8,11,14,17,25H,6-7,9-10,12H2,1H3. The number of likely N-dealkylation sites (tertiary alicyclic amines) is 1. The van der Waals surface area contributed by atoms with Crippen LogP contribution >= 0.6 is 0 Å². The van der Waals surface area contributed by atoms with E-state index in [1.807, 2.05) is 19.2 Å². The summed E-state index contributed by atoms with van der Waals surface area (Å²) in [5.41, 5.74) is 0.401. The van der Waals surface area contributed by atoms with Gasteiger partial charge in [0.05, 0.1) is 6.10 Å². The van der Waals surface area contributed by atoms with Crippen LogP contribution in [0.1, 0.15) is 24.5 Å². The minimum Gasteiger partial charge on any atom is -0.387 e. The van der Waals surface area contributed by atoms with E-state index in [0.29, 0.717) is 18.2 Å². The summed E-state index contributed by atoms with van der Waals surface area (Å²) in [6.07, 6.45) is 2.71. The molecular weight excluding hydrogens is 326 g/mol. The maximum atomic E-state index is 13.3. The summed E-state index contributed by atoms with van der Waals surface area (Å²) in [6, 6.07) is 7.72. The van der Waals surface area contributed by atoms with Crippen molar-refractivity contribution in [3.8, 4) is 0 Å². The molecule has 1 saturated heterocycles. The van der Waals surface area contributed by atoms with Crippen LogP contribution < -0.4 is 4.90 Å². The third-order valence-electron chi connectivity index (χ3n) is 4.78. The number of rotatable bonds is 5. The van der Waals surface area contributed by atoms with Crippen molar-refractivity contribution in [3.63, 3.8) is 0 Å². The van der Waals surface area contributed by atoms with Crippen molar-refractivity contribution >= 4 is 5.82 Å². The molecule has 25 heavy (non-hydrogen) atoms. The molecule has 0 bridgehead atoms. The molecule has 0 radical (unpaired) electrons. The summed E-state index contributed by atoms with van der Waals surface area (Å²) in [5, 5.41) is 18.3. The first kappa shape index (κ1) is 17.7. The fourth-order valence-corrected chi connectivity index (χ4v) is 3.23. The molecule has 1 N–H and O–H groups in total. The number of aromatic nitrogens is 2. The molecule has 7 heteroatoms. The molecule has 1 aliphatic heterocycles. The minimum absolute atomic E-state index is 0.369. The highest BCUT2D eigenvalue weighted by Crippen LogP contribution is 2.23. The lowest BCUT2D eigenvalue weighted by atomic mass is 10.0. The topological polar surface area (TPSA) is 52.5 Å². The van der Waals surface area contributed by atoms with E-state index in [1.54, 1.807) is 6.20 Å². The van der Waals surface area contributed by atoms with Gasteiger partial charge in [0, 0.05) is 38.9 Å². The third-order valence-corrected chi connectivity index (χ3v) is 4.78. The van der Waals surface area contributed by atoms with Gasteiger partial charge in [0.15, 0.2) is 17.5 Å². The first-order valence-corrected chi connectivity index (χ1v) is 8.40. The molecular formula is C18H22F2N4O. The lowest BCUT2D eigenvalue weighted by Crippen LogP contribution is -2.44. The normalized spacial score (nSPS) is 17.4. The molecule has 1 aromatic carbocycles. The first-order valence-electron chi connectivity index (χ1n) is 8.40. The van der Waals surface area contributed by atoms with E-state index in [2.05, 4.69) is 20.0 Å². The van der Waals surface area contributed by atoms with Crippen molar-refractivity contribution in [3.05, 3.63) is 53.7 Å². The number of β-amino-alcohol motifs (C(OH)–C–C–N with tert-alkyl or cyclic N) is 1. The van der Waals surface area contributed by atoms with Crippen molar-refractivity contribution in [2.75, 3.05) is 31.6 Å². The van der Waals surface area contributed by atoms with E-state index in [1.165, 1.54) is 6.07 Å². The quantitative estimate of drug-likeness (QED) is 0.899. The SMILES string of the molecule is CN(c1cccnn1)C1CCN(CC(O)c2ccc(F)c(F)c2)CC1. The van der Waals surface area contributed by atoms with Gasteiger partial charge in [0.2, 0.25) is 0 Å². The molecule has 5 nitrogen and oxygen atoms in total. The van der Waals surface area contributed by atoms with Gasteiger partial charge in [-0.3, -0.25) is 0 Å². The van der Waals surface area contributed by atoms with E-state index >= 15 is 0 Å². The second-order valence-corrected chi connectivity index (χ2v) is 6.41. The average Bonchev–Trinajstić information content (AvgIpc) is 2.64. The van der Waals surface area contributed by atoms with Crippen LogP contribution in [0.3, 0.4) is 0 Å². The number of halogens is 2. The highest BCUT2D eigenvalue weighted by molar-refractivity contribution is 5.36. The van der Waals surface area contributed by atoms with Gasteiger partial charge >= 0.3 is 0 Å². The molecule has 1 unspecified atom stereocenters. The monoisotopic (exact) mass is 348 g/mol. The van der Waals surface area contributed by atoms with Gasteiger partial charge in [-0.25, -0.2) is 8.78 Å². The molecule has 3 rings (SSSR count). The highest BCUT2D eigenvalue weighted by atomic mass is 19.2. The summed E-state index contributed by atoms with van der Waals surface area (Å²) < 4.78 is 26.3. The van der Waals surface area contributed by atoms with Crippen molar-refractivity contribution in [1.82, 2.24) is 15.1 Å². The number of hydrogen-bond donors (Lipinski definition) is 1. The minimum atomic E-state index is -0.930. The predicted molar refractivity (Wildman–Crippen MR) is 91.2 cm³/mol. The zero-order valence-electron chi connectivity index (χ0n) is 14.1. The van der Waals surface area contributed by atoms with E-state index in [-0.39, 0.29) is 0 Å². The van der Waals surface area contributed by atoms with E-state index in [4.69, 9.17) is 0 Å². The Morgan fingerprint density at radius 1 is 1.24 bits per heavy atom. The molecule has 2 heterocycles.